The normalized spacial score (nSPS) is 12.2. The predicted molar refractivity (Wildman–Crippen MR) is 70.7 cm³/mol. The van der Waals surface area contributed by atoms with Crippen molar-refractivity contribution in [1.29, 1.82) is 0 Å². The number of aromatic nitrogens is 2. The average Bonchev–Trinajstić information content (AvgIpc) is 2.86. The Morgan fingerprint density at radius 2 is 2.28 bits per heavy atom. The molecule has 0 aliphatic heterocycles. The minimum Gasteiger partial charge on any atom is -0.345 e. The Bertz CT molecular complexity index is 551. The van der Waals surface area contributed by atoms with E-state index in [0.717, 1.165) is 11.1 Å². The number of halogens is 1. The zero-order valence-electron chi connectivity index (χ0n) is 10.2. The summed E-state index contributed by atoms with van der Waals surface area (Å²) in [7, 11) is 0. The first kappa shape index (κ1) is 12.6. The molecule has 1 aromatic heterocycles. The first-order valence-corrected chi connectivity index (χ1v) is 6.01. The van der Waals surface area contributed by atoms with Crippen LogP contribution in [0.25, 0.3) is 0 Å². The van der Waals surface area contributed by atoms with Gasteiger partial charge < -0.3 is 5.32 Å². The van der Waals surface area contributed by atoms with E-state index in [-0.39, 0.29) is 11.9 Å². The van der Waals surface area contributed by atoms with Crippen molar-refractivity contribution in [3.63, 3.8) is 0 Å². The van der Waals surface area contributed by atoms with Crippen LogP contribution >= 0.6 is 11.6 Å². The zero-order valence-corrected chi connectivity index (χ0v) is 11.0. The molecule has 0 aliphatic rings. The lowest BCUT2D eigenvalue weighted by Crippen LogP contribution is -2.26. The number of aryl methyl sites for hydroxylation is 1. The van der Waals surface area contributed by atoms with E-state index in [9.17, 15) is 4.79 Å². The van der Waals surface area contributed by atoms with Crippen molar-refractivity contribution in [3.05, 3.63) is 52.3 Å². The Labute approximate surface area is 110 Å². The number of nitrogens with one attached hydrogen (secondary N) is 2. The van der Waals surface area contributed by atoms with E-state index in [2.05, 4.69) is 15.5 Å². The Kier molecular flexibility index (Phi) is 3.67. The molecule has 1 aromatic carbocycles. The summed E-state index contributed by atoms with van der Waals surface area (Å²) in [6.45, 7) is 3.80. The van der Waals surface area contributed by atoms with Gasteiger partial charge in [-0.25, -0.2) is 0 Å². The van der Waals surface area contributed by atoms with Gasteiger partial charge in [0.15, 0.2) is 0 Å². The van der Waals surface area contributed by atoms with Crippen LogP contribution in [0.5, 0.6) is 0 Å². The maximum atomic E-state index is 12.0. The van der Waals surface area contributed by atoms with Gasteiger partial charge in [0.05, 0.1) is 12.2 Å². The number of hydrogen-bond donors (Lipinski definition) is 2. The third-order valence-electron chi connectivity index (χ3n) is 2.80. The molecule has 1 heterocycles. The van der Waals surface area contributed by atoms with Gasteiger partial charge in [0.2, 0.25) is 0 Å². The minimum absolute atomic E-state index is 0.101. The van der Waals surface area contributed by atoms with Crippen LogP contribution in [0, 0.1) is 6.92 Å². The van der Waals surface area contributed by atoms with Crippen LogP contribution in [-0.2, 0) is 0 Å². The molecule has 0 spiro atoms. The monoisotopic (exact) mass is 263 g/mol. The maximum Gasteiger partial charge on any atom is 0.251 e. The molecule has 18 heavy (non-hydrogen) atoms. The number of carbonyl (C=O) groups is 1. The quantitative estimate of drug-likeness (QED) is 0.895. The summed E-state index contributed by atoms with van der Waals surface area (Å²) < 4.78 is 0. The second kappa shape index (κ2) is 5.23. The van der Waals surface area contributed by atoms with E-state index >= 15 is 0 Å². The van der Waals surface area contributed by atoms with Gasteiger partial charge in [0.25, 0.3) is 5.91 Å². The standard InChI is InChI=1S/C13H14ClN3O/c1-8-3-4-10(5-12(8)14)13(18)17-9(2)11-6-15-16-7-11/h3-7,9H,1-2H3,(H,15,16)(H,17,18). The van der Waals surface area contributed by atoms with Crippen molar-refractivity contribution < 1.29 is 4.79 Å². The highest BCUT2D eigenvalue weighted by Gasteiger charge is 2.12. The van der Waals surface area contributed by atoms with Gasteiger partial charge in [-0.1, -0.05) is 17.7 Å². The maximum absolute atomic E-state index is 12.0. The SMILES string of the molecule is Cc1ccc(C(=O)NC(C)c2cn[nH]c2)cc1Cl. The lowest BCUT2D eigenvalue weighted by Gasteiger charge is -2.12. The van der Waals surface area contributed by atoms with Crippen molar-refractivity contribution in [2.45, 2.75) is 19.9 Å². The van der Waals surface area contributed by atoms with Gasteiger partial charge >= 0.3 is 0 Å². The number of hydrogen-bond acceptors (Lipinski definition) is 2. The number of rotatable bonds is 3. The van der Waals surface area contributed by atoms with Gasteiger partial charge in [0.1, 0.15) is 0 Å². The highest BCUT2D eigenvalue weighted by Crippen LogP contribution is 2.17. The van der Waals surface area contributed by atoms with E-state index < -0.39 is 0 Å². The third-order valence-corrected chi connectivity index (χ3v) is 3.21. The number of carbonyl (C=O) groups excluding carboxylic acids is 1. The van der Waals surface area contributed by atoms with Gasteiger partial charge in [-0.2, -0.15) is 5.10 Å². The van der Waals surface area contributed by atoms with E-state index in [4.69, 9.17) is 11.6 Å². The summed E-state index contributed by atoms with van der Waals surface area (Å²) in [4.78, 5) is 12.0. The Balaban J connectivity index is 2.10. The van der Waals surface area contributed by atoms with E-state index in [1.807, 2.05) is 19.9 Å². The molecule has 1 amide bonds. The lowest BCUT2D eigenvalue weighted by molar-refractivity contribution is 0.0940. The second-order valence-electron chi connectivity index (χ2n) is 4.19. The molecule has 2 rings (SSSR count). The molecule has 0 radical (unpaired) electrons. The molecule has 0 fully saturated rings. The Morgan fingerprint density at radius 3 is 2.89 bits per heavy atom. The van der Waals surface area contributed by atoms with E-state index in [0.29, 0.717) is 10.6 Å². The van der Waals surface area contributed by atoms with Crippen LogP contribution in [0.1, 0.15) is 34.5 Å². The average molecular weight is 264 g/mol. The molecule has 94 valence electrons. The summed E-state index contributed by atoms with van der Waals surface area (Å²) in [5.74, 6) is -0.148. The number of nitrogens with zero attached hydrogens (tertiary/aromatic N) is 1. The number of benzene rings is 1. The van der Waals surface area contributed by atoms with Crippen LogP contribution < -0.4 is 5.32 Å². The van der Waals surface area contributed by atoms with E-state index in [1.54, 1.807) is 24.5 Å². The first-order valence-electron chi connectivity index (χ1n) is 5.63. The highest BCUT2D eigenvalue weighted by atomic mass is 35.5. The van der Waals surface area contributed by atoms with E-state index in [1.165, 1.54) is 0 Å². The molecular weight excluding hydrogens is 250 g/mol. The Morgan fingerprint density at radius 1 is 1.50 bits per heavy atom. The van der Waals surface area contributed by atoms with Crippen LogP contribution in [0.15, 0.2) is 30.6 Å². The summed E-state index contributed by atoms with van der Waals surface area (Å²) in [5.41, 5.74) is 2.44. The smallest absolute Gasteiger partial charge is 0.251 e. The summed E-state index contributed by atoms with van der Waals surface area (Å²) in [6, 6.07) is 5.17. The van der Waals surface area contributed by atoms with Crippen molar-refractivity contribution >= 4 is 17.5 Å². The molecule has 2 N–H and O–H groups in total. The molecule has 5 heteroatoms. The summed E-state index contributed by atoms with van der Waals surface area (Å²) in [6.07, 6.45) is 3.44. The van der Waals surface area contributed by atoms with Crippen molar-refractivity contribution in [2.75, 3.05) is 0 Å². The molecule has 0 aliphatic carbocycles. The Hall–Kier alpha value is -1.81. The van der Waals surface area contributed by atoms with Crippen LogP contribution in [-0.4, -0.2) is 16.1 Å². The first-order chi connectivity index (χ1) is 8.58. The topological polar surface area (TPSA) is 57.8 Å². The zero-order chi connectivity index (χ0) is 13.1. The van der Waals surface area contributed by atoms with Crippen LogP contribution in [0.2, 0.25) is 5.02 Å². The summed E-state index contributed by atoms with van der Waals surface area (Å²) >= 11 is 6.00. The predicted octanol–water partition coefficient (Wildman–Crippen LogP) is 2.86. The van der Waals surface area contributed by atoms with Gasteiger partial charge in [0, 0.05) is 22.3 Å². The van der Waals surface area contributed by atoms with Crippen molar-refractivity contribution in [3.8, 4) is 0 Å². The molecule has 1 atom stereocenters. The summed E-state index contributed by atoms with van der Waals surface area (Å²) in [5, 5.41) is 10.1. The molecule has 4 nitrogen and oxygen atoms in total. The van der Waals surface area contributed by atoms with Gasteiger partial charge in [-0.05, 0) is 31.5 Å². The molecule has 0 saturated carbocycles. The van der Waals surface area contributed by atoms with Crippen molar-refractivity contribution in [2.24, 2.45) is 0 Å². The second-order valence-corrected chi connectivity index (χ2v) is 4.60. The molecular formula is C13H14ClN3O. The minimum atomic E-state index is -0.148. The number of H-pyrrole nitrogens is 1. The fourth-order valence-electron chi connectivity index (χ4n) is 1.60. The van der Waals surface area contributed by atoms with Gasteiger partial charge in [-0.3, -0.25) is 9.89 Å². The van der Waals surface area contributed by atoms with Gasteiger partial charge in [-0.15, -0.1) is 0 Å². The lowest BCUT2D eigenvalue weighted by atomic mass is 10.1. The fraction of sp³-hybridized carbons (Fsp3) is 0.231. The largest absolute Gasteiger partial charge is 0.345 e. The van der Waals surface area contributed by atoms with Crippen LogP contribution in [0.3, 0.4) is 0 Å². The number of amides is 1. The molecule has 0 bridgehead atoms. The molecule has 1 unspecified atom stereocenters. The third kappa shape index (κ3) is 2.71. The molecule has 2 aromatic rings. The molecule has 0 saturated heterocycles. The highest BCUT2D eigenvalue weighted by molar-refractivity contribution is 6.31. The van der Waals surface area contributed by atoms with Crippen LogP contribution in [0.4, 0.5) is 0 Å². The van der Waals surface area contributed by atoms with Crippen molar-refractivity contribution in [1.82, 2.24) is 15.5 Å². The number of aromatic amines is 1. The fourth-order valence-corrected chi connectivity index (χ4v) is 1.78.